The first kappa shape index (κ1) is 19.3. The third kappa shape index (κ3) is 3.65. The maximum atomic E-state index is 13.0. The van der Waals surface area contributed by atoms with Crippen LogP contribution in [0.25, 0.3) is 0 Å². The number of halogens is 1. The summed E-state index contributed by atoms with van der Waals surface area (Å²) in [5.74, 6) is 0.120. The molecule has 2 aliphatic heterocycles. The van der Waals surface area contributed by atoms with Crippen molar-refractivity contribution in [1.29, 1.82) is 0 Å². The smallest absolute Gasteiger partial charge is 0.325 e. The van der Waals surface area contributed by atoms with E-state index in [2.05, 4.69) is 26.6 Å². The maximum Gasteiger partial charge on any atom is 0.325 e. The van der Waals surface area contributed by atoms with E-state index in [1.807, 2.05) is 6.07 Å². The third-order valence-corrected chi connectivity index (χ3v) is 5.30. The number of hydrogen-bond donors (Lipinski definition) is 2. The quantitative estimate of drug-likeness (QED) is 0.684. The van der Waals surface area contributed by atoms with Crippen LogP contribution in [0.15, 0.2) is 46.9 Å². The van der Waals surface area contributed by atoms with Gasteiger partial charge in [0.05, 0.1) is 0 Å². The molecule has 2 aromatic rings. The summed E-state index contributed by atoms with van der Waals surface area (Å²) in [6, 6.07) is 11.5. The number of anilines is 1. The van der Waals surface area contributed by atoms with Gasteiger partial charge < -0.3 is 20.1 Å². The lowest BCUT2D eigenvalue weighted by Gasteiger charge is -2.25. The average Bonchev–Trinajstić information content (AvgIpc) is 2.91. The summed E-state index contributed by atoms with van der Waals surface area (Å²) in [6.07, 6.45) is 0. The van der Waals surface area contributed by atoms with Crippen LogP contribution >= 0.6 is 15.9 Å². The second kappa shape index (κ2) is 7.40. The fourth-order valence-corrected chi connectivity index (χ4v) is 3.70. The first-order valence-corrected chi connectivity index (χ1v) is 9.76. The van der Waals surface area contributed by atoms with Gasteiger partial charge in [0, 0.05) is 10.2 Å². The Morgan fingerprint density at radius 2 is 1.93 bits per heavy atom. The van der Waals surface area contributed by atoms with Gasteiger partial charge in [-0.25, -0.2) is 4.79 Å². The summed E-state index contributed by atoms with van der Waals surface area (Å²) >= 11 is 3.33. The van der Waals surface area contributed by atoms with Gasteiger partial charge in [0.15, 0.2) is 11.5 Å². The minimum atomic E-state index is -1.30. The number of nitrogens with zero attached hydrogens (tertiary/aromatic N) is 1. The molecule has 1 saturated heterocycles. The highest BCUT2D eigenvalue weighted by Gasteiger charge is 2.49. The van der Waals surface area contributed by atoms with Crippen LogP contribution < -0.4 is 20.1 Å². The lowest BCUT2D eigenvalue weighted by atomic mass is 9.91. The maximum absolute atomic E-state index is 13.0. The molecule has 2 aliphatic rings. The normalized spacial score (nSPS) is 20.4. The van der Waals surface area contributed by atoms with Gasteiger partial charge in [0.25, 0.3) is 5.91 Å². The van der Waals surface area contributed by atoms with E-state index in [0.29, 0.717) is 36.0 Å². The van der Waals surface area contributed by atoms with Gasteiger partial charge in [-0.3, -0.25) is 14.5 Å². The van der Waals surface area contributed by atoms with Crippen molar-refractivity contribution in [3.05, 3.63) is 52.5 Å². The van der Waals surface area contributed by atoms with Gasteiger partial charge in [-0.05, 0) is 42.8 Å². The molecule has 2 N–H and O–H groups in total. The summed E-state index contributed by atoms with van der Waals surface area (Å²) in [5, 5.41) is 5.36. The molecule has 4 rings (SSSR count). The van der Waals surface area contributed by atoms with Crippen molar-refractivity contribution in [2.75, 3.05) is 25.1 Å². The number of urea groups is 1. The monoisotopic (exact) mass is 459 g/mol. The molecule has 0 aliphatic carbocycles. The van der Waals surface area contributed by atoms with Crippen LogP contribution in [0.2, 0.25) is 0 Å². The fraction of sp³-hybridized carbons (Fsp3) is 0.250. The van der Waals surface area contributed by atoms with Crippen LogP contribution in [0.1, 0.15) is 12.5 Å². The van der Waals surface area contributed by atoms with E-state index in [-0.39, 0.29) is 0 Å². The topological polar surface area (TPSA) is 97.0 Å². The number of rotatable bonds is 4. The Kier molecular flexibility index (Phi) is 4.91. The second-order valence-electron chi connectivity index (χ2n) is 6.86. The molecule has 4 amide bonds. The van der Waals surface area contributed by atoms with E-state index in [1.165, 1.54) is 0 Å². The van der Waals surface area contributed by atoms with Crippen molar-refractivity contribution in [3.8, 4) is 11.5 Å². The average molecular weight is 460 g/mol. The zero-order chi connectivity index (χ0) is 20.6. The Labute approximate surface area is 175 Å². The summed E-state index contributed by atoms with van der Waals surface area (Å²) in [7, 11) is 0. The van der Waals surface area contributed by atoms with Gasteiger partial charge in [-0.15, -0.1) is 0 Å². The number of hydrogen-bond acceptors (Lipinski definition) is 5. The molecule has 0 saturated carbocycles. The Hall–Kier alpha value is -3.07. The zero-order valence-electron chi connectivity index (χ0n) is 15.5. The van der Waals surface area contributed by atoms with Gasteiger partial charge in [-0.1, -0.05) is 28.1 Å². The minimum Gasteiger partial charge on any atom is -0.486 e. The van der Waals surface area contributed by atoms with E-state index >= 15 is 0 Å². The Balaban J connectivity index is 1.51. The van der Waals surface area contributed by atoms with E-state index < -0.39 is 29.9 Å². The van der Waals surface area contributed by atoms with E-state index in [4.69, 9.17) is 9.47 Å². The van der Waals surface area contributed by atoms with Crippen molar-refractivity contribution in [1.82, 2.24) is 10.2 Å². The lowest BCUT2D eigenvalue weighted by Crippen LogP contribution is -2.42. The number of nitrogens with one attached hydrogen (secondary N) is 2. The molecule has 29 heavy (non-hydrogen) atoms. The van der Waals surface area contributed by atoms with Crippen LogP contribution in [0, 0.1) is 0 Å². The molecule has 0 bridgehead atoms. The number of carbonyl (C=O) groups is 3. The summed E-state index contributed by atoms with van der Waals surface area (Å²) < 4.78 is 11.9. The molecule has 1 fully saturated rings. The van der Waals surface area contributed by atoms with Crippen molar-refractivity contribution in [2.45, 2.75) is 12.5 Å². The zero-order valence-corrected chi connectivity index (χ0v) is 17.1. The van der Waals surface area contributed by atoms with Crippen LogP contribution in [0.3, 0.4) is 0 Å². The Bertz CT molecular complexity index is 1010. The summed E-state index contributed by atoms with van der Waals surface area (Å²) in [5.41, 5.74) is -0.191. The second-order valence-corrected chi connectivity index (χ2v) is 7.78. The van der Waals surface area contributed by atoms with Crippen LogP contribution in [-0.2, 0) is 15.1 Å². The van der Waals surface area contributed by atoms with Gasteiger partial charge in [-0.2, -0.15) is 0 Å². The third-order valence-electron chi connectivity index (χ3n) is 4.80. The largest absolute Gasteiger partial charge is 0.486 e. The molecule has 0 aromatic heterocycles. The highest BCUT2D eigenvalue weighted by Crippen LogP contribution is 2.36. The number of carbonyl (C=O) groups excluding carboxylic acids is 3. The van der Waals surface area contributed by atoms with Gasteiger partial charge in [0.2, 0.25) is 5.91 Å². The molecule has 2 aromatic carbocycles. The van der Waals surface area contributed by atoms with Crippen molar-refractivity contribution in [2.24, 2.45) is 0 Å². The molecule has 0 spiro atoms. The Morgan fingerprint density at radius 3 is 2.69 bits per heavy atom. The van der Waals surface area contributed by atoms with Crippen molar-refractivity contribution in [3.63, 3.8) is 0 Å². The molecule has 1 atom stereocenters. The molecule has 1 unspecified atom stereocenters. The van der Waals surface area contributed by atoms with Gasteiger partial charge >= 0.3 is 6.03 Å². The first-order chi connectivity index (χ1) is 13.9. The van der Waals surface area contributed by atoms with Crippen LogP contribution in [-0.4, -0.2) is 42.5 Å². The minimum absolute atomic E-state index is 0.392. The standard InChI is InChI=1S/C20H18BrN3O5/c1-20(12-5-6-15-16(9-12)29-8-7-28-15)18(26)24(19(27)23-20)11-17(25)22-14-4-2-3-13(21)10-14/h2-6,9-10H,7-8,11H2,1H3,(H,22,25)(H,23,27). The van der Waals surface area contributed by atoms with E-state index in [0.717, 1.165) is 9.37 Å². The number of amides is 4. The highest BCUT2D eigenvalue weighted by atomic mass is 79.9. The van der Waals surface area contributed by atoms with Crippen LogP contribution in [0.5, 0.6) is 11.5 Å². The van der Waals surface area contributed by atoms with Crippen molar-refractivity contribution >= 4 is 39.5 Å². The lowest BCUT2D eigenvalue weighted by molar-refractivity contribution is -0.133. The summed E-state index contributed by atoms with van der Waals surface area (Å²) in [6.45, 7) is 2.08. The van der Waals surface area contributed by atoms with E-state index in [1.54, 1.807) is 43.3 Å². The molecule has 9 heteroatoms. The van der Waals surface area contributed by atoms with Crippen LogP contribution in [0.4, 0.5) is 10.5 Å². The predicted molar refractivity (Wildman–Crippen MR) is 108 cm³/mol. The Morgan fingerprint density at radius 1 is 1.17 bits per heavy atom. The highest BCUT2D eigenvalue weighted by molar-refractivity contribution is 9.10. The first-order valence-electron chi connectivity index (χ1n) is 8.96. The summed E-state index contributed by atoms with van der Waals surface area (Å²) in [4.78, 5) is 38.8. The molecule has 150 valence electrons. The van der Waals surface area contributed by atoms with Crippen molar-refractivity contribution < 1.29 is 23.9 Å². The molecule has 8 nitrogen and oxygen atoms in total. The predicted octanol–water partition coefficient (Wildman–Crippen LogP) is 2.63. The van der Waals surface area contributed by atoms with Gasteiger partial charge in [0.1, 0.15) is 25.3 Å². The molecular formula is C20H18BrN3O5. The number of fused-ring (bicyclic) bond motifs is 1. The SMILES string of the molecule is CC1(c2ccc3c(c2)OCCO3)NC(=O)N(CC(=O)Nc2cccc(Br)c2)C1=O. The molecule has 0 radical (unpaired) electrons. The molecular weight excluding hydrogens is 442 g/mol. The fourth-order valence-electron chi connectivity index (χ4n) is 3.30. The number of imide groups is 1. The number of benzene rings is 2. The van der Waals surface area contributed by atoms with E-state index in [9.17, 15) is 14.4 Å². The molecule has 2 heterocycles. The number of ether oxygens (including phenoxy) is 2.